The molecule has 0 aromatic heterocycles. The first-order valence-corrected chi connectivity index (χ1v) is 25.2. The van der Waals surface area contributed by atoms with Crippen LogP contribution in [0.4, 0.5) is 51.2 Å². The summed E-state index contributed by atoms with van der Waals surface area (Å²) >= 11 is 0. The van der Waals surface area contributed by atoms with Crippen LogP contribution in [-0.2, 0) is 21.7 Å². The molecule has 2 aliphatic heterocycles. The lowest BCUT2D eigenvalue weighted by Crippen LogP contribution is -2.62. The van der Waals surface area contributed by atoms with E-state index >= 15 is 0 Å². The molecule has 0 saturated heterocycles. The highest BCUT2D eigenvalue weighted by atomic mass is 15.2. The molecule has 0 saturated carbocycles. The second-order valence-electron chi connectivity index (χ2n) is 23.4. The molecule has 0 bridgehead atoms. The van der Waals surface area contributed by atoms with E-state index in [2.05, 4.69) is 267 Å². The molecule has 8 aromatic carbocycles. The molecular formula is C65H66BN3. The van der Waals surface area contributed by atoms with Crippen LogP contribution < -0.4 is 31.1 Å². The Labute approximate surface area is 412 Å². The fraction of sp³-hybridized carbons (Fsp3) is 0.262. The molecule has 8 aromatic rings. The first kappa shape index (κ1) is 44.7. The quantitative estimate of drug-likeness (QED) is 0.154. The highest BCUT2D eigenvalue weighted by Crippen LogP contribution is 2.52. The van der Waals surface area contributed by atoms with Crippen molar-refractivity contribution >= 4 is 74.3 Å². The van der Waals surface area contributed by atoms with Crippen LogP contribution in [0.1, 0.15) is 110 Å². The van der Waals surface area contributed by atoms with Crippen LogP contribution in [0, 0.1) is 6.92 Å². The fourth-order valence-corrected chi connectivity index (χ4v) is 11.6. The average Bonchev–Trinajstić information content (AvgIpc) is 3.33. The zero-order chi connectivity index (χ0) is 48.2. The van der Waals surface area contributed by atoms with Gasteiger partial charge in [0.25, 0.3) is 6.71 Å². The zero-order valence-corrected chi connectivity index (χ0v) is 42.6. The standard InChI is InChI=1S/C65H66BN3/c1-43-37-59-61-60(38-43)69(56-34-29-46(63(5,6)7)39-51(56)44-21-15-12-16-22-44)58-42-53-52(64(8,9)35-36-65(53,10)11)41-55(58)66(61)54-33-32-50(67(47-23-17-13-18-24-47)48-25-19-14-20-26-48)40-57(54)68(59)49-30-27-45(28-31-49)62(2,3)4/h12-34,37-42H,35-36H2,1-11H3. The molecular weight excluding hydrogens is 834 g/mol. The molecule has 0 spiro atoms. The number of para-hydroxylation sites is 2. The van der Waals surface area contributed by atoms with Crippen molar-refractivity contribution in [2.24, 2.45) is 0 Å². The van der Waals surface area contributed by atoms with Gasteiger partial charge in [-0.1, -0.05) is 166 Å². The SMILES string of the molecule is Cc1cc2c3c(c1)N(c1ccc(C(C)(C)C)cc1-c1ccccc1)c1cc4c(cc1B3c1ccc(N(c3ccccc3)c3ccccc3)cc1N2c1ccc(C(C)(C)C)cc1)C(C)(C)CCC4(C)C. The normalized spacial score (nSPS) is 15.5. The summed E-state index contributed by atoms with van der Waals surface area (Å²) in [6.45, 7) is 26.1. The Morgan fingerprint density at radius 2 is 0.971 bits per heavy atom. The third-order valence-electron chi connectivity index (χ3n) is 15.6. The number of hydrogen-bond acceptors (Lipinski definition) is 3. The number of aryl methyl sites for hydroxylation is 1. The predicted octanol–water partition coefficient (Wildman–Crippen LogP) is 16.2. The summed E-state index contributed by atoms with van der Waals surface area (Å²) in [6.07, 6.45) is 2.30. The molecule has 3 aliphatic rings. The Kier molecular flexibility index (Phi) is 10.5. The number of nitrogens with zero attached hydrogens (tertiary/aromatic N) is 3. The van der Waals surface area contributed by atoms with E-state index < -0.39 is 0 Å². The van der Waals surface area contributed by atoms with Crippen molar-refractivity contribution in [1.29, 1.82) is 0 Å². The van der Waals surface area contributed by atoms with E-state index in [0.717, 1.165) is 35.6 Å². The third kappa shape index (κ3) is 7.59. The number of fused-ring (bicyclic) bond motifs is 5. The number of anilines is 9. The van der Waals surface area contributed by atoms with Crippen molar-refractivity contribution in [3.63, 3.8) is 0 Å². The Morgan fingerprint density at radius 1 is 0.449 bits per heavy atom. The smallest absolute Gasteiger partial charge is 0.252 e. The van der Waals surface area contributed by atoms with Crippen molar-refractivity contribution in [2.75, 3.05) is 14.7 Å². The summed E-state index contributed by atoms with van der Waals surface area (Å²) in [7, 11) is 0. The minimum Gasteiger partial charge on any atom is -0.311 e. The highest BCUT2D eigenvalue weighted by Gasteiger charge is 2.47. The van der Waals surface area contributed by atoms with E-state index in [1.165, 1.54) is 83.8 Å². The maximum Gasteiger partial charge on any atom is 0.252 e. The molecule has 1 aliphatic carbocycles. The van der Waals surface area contributed by atoms with Gasteiger partial charge >= 0.3 is 0 Å². The van der Waals surface area contributed by atoms with Crippen LogP contribution in [0.3, 0.4) is 0 Å². The zero-order valence-electron chi connectivity index (χ0n) is 42.6. The van der Waals surface area contributed by atoms with Crippen molar-refractivity contribution < 1.29 is 0 Å². The second-order valence-corrected chi connectivity index (χ2v) is 23.4. The lowest BCUT2D eigenvalue weighted by molar-refractivity contribution is 0.332. The largest absolute Gasteiger partial charge is 0.311 e. The fourth-order valence-electron chi connectivity index (χ4n) is 11.6. The van der Waals surface area contributed by atoms with Gasteiger partial charge in [0.05, 0.1) is 5.69 Å². The van der Waals surface area contributed by atoms with E-state index in [-0.39, 0.29) is 28.4 Å². The molecule has 2 heterocycles. The van der Waals surface area contributed by atoms with E-state index in [9.17, 15) is 0 Å². The summed E-state index contributed by atoms with van der Waals surface area (Å²) in [5, 5.41) is 0. The molecule has 344 valence electrons. The second kappa shape index (κ2) is 16.2. The van der Waals surface area contributed by atoms with Crippen LogP contribution in [0.15, 0.2) is 176 Å². The van der Waals surface area contributed by atoms with Crippen LogP contribution in [0.2, 0.25) is 0 Å². The molecule has 69 heavy (non-hydrogen) atoms. The Morgan fingerprint density at radius 3 is 1.55 bits per heavy atom. The Hall–Kier alpha value is -6.78. The Bertz CT molecular complexity index is 3210. The summed E-state index contributed by atoms with van der Waals surface area (Å²) < 4.78 is 0. The van der Waals surface area contributed by atoms with Crippen LogP contribution >= 0.6 is 0 Å². The van der Waals surface area contributed by atoms with Gasteiger partial charge in [-0.3, -0.25) is 0 Å². The molecule has 0 unspecified atom stereocenters. The van der Waals surface area contributed by atoms with Gasteiger partial charge in [-0.2, -0.15) is 0 Å². The van der Waals surface area contributed by atoms with Gasteiger partial charge in [-0.15, -0.1) is 0 Å². The summed E-state index contributed by atoms with van der Waals surface area (Å²) in [5.41, 5.74) is 24.1. The lowest BCUT2D eigenvalue weighted by Gasteiger charge is -2.48. The van der Waals surface area contributed by atoms with Crippen LogP contribution in [0.25, 0.3) is 11.1 Å². The van der Waals surface area contributed by atoms with Gasteiger partial charge in [0.2, 0.25) is 0 Å². The van der Waals surface area contributed by atoms with E-state index in [1.807, 2.05) is 0 Å². The van der Waals surface area contributed by atoms with Gasteiger partial charge in [-0.05, 0) is 170 Å². The number of benzene rings is 8. The van der Waals surface area contributed by atoms with Crippen molar-refractivity contribution in [3.8, 4) is 11.1 Å². The first-order chi connectivity index (χ1) is 32.9. The maximum absolute atomic E-state index is 2.66. The lowest BCUT2D eigenvalue weighted by atomic mass is 9.33. The predicted molar refractivity (Wildman–Crippen MR) is 298 cm³/mol. The molecule has 0 atom stereocenters. The van der Waals surface area contributed by atoms with Crippen LogP contribution in [-0.4, -0.2) is 6.71 Å². The van der Waals surface area contributed by atoms with Crippen molar-refractivity contribution in [2.45, 2.75) is 111 Å². The van der Waals surface area contributed by atoms with Crippen molar-refractivity contribution in [1.82, 2.24) is 0 Å². The molecule has 0 radical (unpaired) electrons. The molecule has 3 nitrogen and oxygen atoms in total. The van der Waals surface area contributed by atoms with E-state index in [0.29, 0.717) is 0 Å². The van der Waals surface area contributed by atoms with Gasteiger partial charge in [0.1, 0.15) is 0 Å². The topological polar surface area (TPSA) is 9.72 Å². The monoisotopic (exact) mass is 900 g/mol. The highest BCUT2D eigenvalue weighted by molar-refractivity contribution is 7.00. The summed E-state index contributed by atoms with van der Waals surface area (Å²) in [6, 6.07) is 66.9. The maximum atomic E-state index is 2.66. The van der Waals surface area contributed by atoms with E-state index in [4.69, 9.17) is 0 Å². The third-order valence-corrected chi connectivity index (χ3v) is 15.6. The molecule has 0 amide bonds. The molecule has 0 fully saturated rings. The minimum absolute atomic E-state index is 0.0157. The summed E-state index contributed by atoms with van der Waals surface area (Å²) in [5.74, 6) is 0. The Balaban J connectivity index is 1.25. The molecule has 0 N–H and O–H groups in total. The molecule has 4 heteroatoms. The molecule has 11 rings (SSSR count). The van der Waals surface area contributed by atoms with Crippen LogP contribution in [0.5, 0.6) is 0 Å². The van der Waals surface area contributed by atoms with Gasteiger partial charge in [-0.25, -0.2) is 0 Å². The van der Waals surface area contributed by atoms with E-state index in [1.54, 1.807) is 0 Å². The van der Waals surface area contributed by atoms with Gasteiger partial charge in [0, 0.05) is 51.1 Å². The van der Waals surface area contributed by atoms with Gasteiger partial charge < -0.3 is 14.7 Å². The number of rotatable bonds is 6. The first-order valence-electron chi connectivity index (χ1n) is 25.2. The average molecular weight is 900 g/mol. The summed E-state index contributed by atoms with van der Waals surface area (Å²) in [4.78, 5) is 7.65. The van der Waals surface area contributed by atoms with Crippen molar-refractivity contribution in [3.05, 3.63) is 204 Å². The number of hydrogen-bond donors (Lipinski definition) is 0. The minimum atomic E-state index is -0.0215. The van der Waals surface area contributed by atoms with Gasteiger partial charge in [0.15, 0.2) is 0 Å².